The van der Waals surface area contributed by atoms with Gasteiger partial charge in [-0.2, -0.15) is 21.6 Å². The van der Waals surface area contributed by atoms with Gasteiger partial charge < -0.3 is 9.84 Å². The molecule has 0 unspecified atom stereocenters. The number of fused-ring (bicyclic) bond motifs is 1. The van der Waals surface area contributed by atoms with Crippen LogP contribution >= 0.6 is 11.3 Å². The van der Waals surface area contributed by atoms with Crippen molar-refractivity contribution < 1.29 is 31.4 Å². The molecule has 1 aliphatic heterocycles. The molecule has 11 heteroatoms. The Hall–Kier alpha value is -3.41. The van der Waals surface area contributed by atoms with Crippen molar-refractivity contribution in [2.24, 2.45) is 5.92 Å². The molecular formula is C26H21F3N2O4S2. The summed E-state index contributed by atoms with van der Waals surface area (Å²) < 4.78 is 69.6. The van der Waals surface area contributed by atoms with E-state index in [9.17, 15) is 26.7 Å². The Balaban J connectivity index is 1.36. The van der Waals surface area contributed by atoms with Crippen molar-refractivity contribution in [1.29, 1.82) is 0 Å². The van der Waals surface area contributed by atoms with Crippen molar-refractivity contribution in [2.45, 2.75) is 18.0 Å². The van der Waals surface area contributed by atoms with Crippen LogP contribution in [0.5, 0.6) is 5.75 Å². The normalized spacial score (nSPS) is 17.6. The molecule has 2 heterocycles. The zero-order valence-corrected chi connectivity index (χ0v) is 20.8. The smallest absolute Gasteiger partial charge is 0.493 e. The first-order valence-corrected chi connectivity index (χ1v) is 13.6. The zero-order valence-electron chi connectivity index (χ0n) is 19.1. The van der Waals surface area contributed by atoms with E-state index < -0.39 is 21.6 Å². The molecule has 0 bridgehead atoms. The first kappa shape index (κ1) is 25.2. The van der Waals surface area contributed by atoms with Crippen molar-refractivity contribution in [3.63, 3.8) is 0 Å². The molecule has 3 aromatic carbocycles. The van der Waals surface area contributed by atoms with Gasteiger partial charge in [0.15, 0.2) is 0 Å². The largest absolute Gasteiger partial charge is 0.516 e. The monoisotopic (exact) mass is 546 g/mol. The highest BCUT2D eigenvalue weighted by molar-refractivity contribution is 7.93. The highest BCUT2D eigenvalue weighted by atomic mass is 32.2. The number of nitrogens with zero attached hydrogens (tertiary/aromatic N) is 1. The molecule has 4 aromatic rings. The number of thiazole rings is 1. The van der Waals surface area contributed by atoms with Crippen LogP contribution in [0, 0.1) is 5.92 Å². The summed E-state index contributed by atoms with van der Waals surface area (Å²) in [6, 6.07) is 20.5. The van der Waals surface area contributed by atoms with Gasteiger partial charge in [0.25, 0.3) is 0 Å². The van der Waals surface area contributed by atoms with Crippen LogP contribution < -0.4 is 9.46 Å². The van der Waals surface area contributed by atoms with Gasteiger partial charge in [0.2, 0.25) is 0 Å². The fourth-order valence-corrected chi connectivity index (χ4v) is 5.78. The molecule has 0 saturated heterocycles. The van der Waals surface area contributed by atoms with Crippen molar-refractivity contribution in [2.75, 3.05) is 11.3 Å². The molecule has 6 nitrogen and oxygen atoms in total. The van der Waals surface area contributed by atoms with Gasteiger partial charge in [-0.3, -0.25) is 4.72 Å². The topological polar surface area (TPSA) is 88.5 Å². The number of aromatic nitrogens is 1. The summed E-state index contributed by atoms with van der Waals surface area (Å²) in [5.41, 5.74) is -3.39. The van der Waals surface area contributed by atoms with Crippen LogP contribution in [0.1, 0.15) is 16.5 Å². The Kier molecular flexibility index (Phi) is 6.69. The summed E-state index contributed by atoms with van der Waals surface area (Å²) in [6.07, 6.45) is 1.55. The highest BCUT2D eigenvalue weighted by Crippen LogP contribution is 2.41. The van der Waals surface area contributed by atoms with Gasteiger partial charge in [-0.25, -0.2) is 4.98 Å². The fraction of sp³-hybridized carbons (Fsp3) is 0.192. The lowest BCUT2D eigenvalue weighted by atomic mass is 9.89. The third-order valence-electron chi connectivity index (χ3n) is 6.06. The lowest BCUT2D eigenvalue weighted by molar-refractivity contribution is -0.0429. The Morgan fingerprint density at radius 3 is 2.51 bits per heavy atom. The van der Waals surface area contributed by atoms with Gasteiger partial charge in [0, 0.05) is 33.7 Å². The van der Waals surface area contributed by atoms with Crippen LogP contribution in [-0.4, -0.2) is 30.6 Å². The van der Waals surface area contributed by atoms with Crippen LogP contribution in [-0.2, 0) is 16.4 Å². The zero-order chi connectivity index (χ0) is 26.2. The summed E-state index contributed by atoms with van der Waals surface area (Å²) in [4.78, 5) is 5.50. The minimum absolute atomic E-state index is 0.214. The van der Waals surface area contributed by atoms with E-state index in [0.717, 1.165) is 15.4 Å². The number of sulfonamides is 1. The number of hydrogen-bond acceptors (Lipinski definition) is 6. The lowest BCUT2D eigenvalue weighted by Crippen LogP contribution is -2.30. The van der Waals surface area contributed by atoms with E-state index in [1.807, 2.05) is 30.3 Å². The highest BCUT2D eigenvalue weighted by Gasteiger charge is 2.46. The van der Waals surface area contributed by atoms with E-state index in [1.165, 1.54) is 18.2 Å². The molecular weight excluding hydrogens is 525 g/mol. The first-order valence-electron chi connectivity index (χ1n) is 11.3. The van der Waals surface area contributed by atoms with Gasteiger partial charge >= 0.3 is 15.5 Å². The standard InChI is InChI=1S/C26H21F3N2O4S2/c27-26(28,29)37(33,34)31-22-9-5-4-8-20(22)17-10-11-21-23(13-17)35-15-18(24(21)32)12-19-14-30-25(36-19)16-6-2-1-3-7-16/h1-11,13-14,18,24,31-32H,12,15H2/t18-,24+/m1/s1. The lowest BCUT2D eigenvalue weighted by Gasteiger charge is -2.30. The molecule has 2 atom stereocenters. The van der Waals surface area contributed by atoms with E-state index in [-0.39, 0.29) is 23.8 Å². The van der Waals surface area contributed by atoms with Crippen molar-refractivity contribution in [3.05, 3.63) is 89.4 Å². The third kappa shape index (κ3) is 5.20. The molecule has 0 aliphatic carbocycles. The minimum Gasteiger partial charge on any atom is -0.493 e. The van der Waals surface area contributed by atoms with E-state index in [4.69, 9.17) is 4.74 Å². The Labute approximate surface area is 215 Å². The second kappa shape index (κ2) is 9.81. The van der Waals surface area contributed by atoms with Gasteiger partial charge in [-0.1, -0.05) is 60.7 Å². The molecule has 2 N–H and O–H groups in total. The summed E-state index contributed by atoms with van der Waals surface area (Å²) in [6.45, 7) is 0.235. The van der Waals surface area contributed by atoms with E-state index in [2.05, 4.69) is 4.98 Å². The SMILES string of the molecule is O=S(=O)(Nc1ccccc1-c1ccc2c(c1)OC[C@@H](Cc1cnc(-c3ccccc3)s1)[C@@H]2O)C(F)(F)F. The average Bonchev–Trinajstić information content (AvgIpc) is 3.34. The Morgan fingerprint density at radius 2 is 1.76 bits per heavy atom. The summed E-state index contributed by atoms with van der Waals surface area (Å²) in [7, 11) is -5.59. The number of anilines is 1. The van der Waals surface area contributed by atoms with Gasteiger partial charge in [-0.05, 0) is 24.1 Å². The minimum atomic E-state index is -5.59. The predicted octanol–water partition coefficient (Wildman–Crippen LogP) is 6.02. The van der Waals surface area contributed by atoms with Crippen LogP contribution in [0.2, 0.25) is 0 Å². The van der Waals surface area contributed by atoms with E-state index in [1.54, 1.807) is 46.5 Å². The van der Waals surface area contributed by atoms with E-state index in [0.29, 0.717) is 23.3 Å². The number of aliphatic hydroxyl groups excluding tert-OH is 1. The molecule has 192 valence electrons. The Morgan fingerprint density at radius 1 is 1.03 bits per heavy atom. The molecule has 0 radical (unpaired) electrons. The maximum absolute atomic E-state index is 12.9. The van der Waals surface area contributed by atoms with Gasteiger partial charge in [0.1, 0.15) is 10.8 Å². The van der Waals surface area contributed by atoms with Crippen molar-refractivity contribution in [1.82, 2.24) is 4.98 Å². The van der Waals surface area contributed by atoms with Crippen LogP contribution in [0.3, 0.4) is 0 Å². The average molecular weight is 547 g/mol. The summed E-state index contributed by atoms with van der Waals surface area (Å²) >= 11 is 1.56. The van der Waals surface area contributed by atoms with Crippen LogP contribution in [0.4, 0.5) is 18.9 Å². The number of aliphatic hydroxyl groups is 1. The van der Waals surface area contributed by atoms with Crippen LogP contribution in [0.25, 0.3) is 21.7 Å². The van der Waals surface area contributed by atoms with Crippen molar-refractivity contribution in [3.8, 4) is 27.4 Å². The molecule has 0 amide bonds. The van der Waals surface area contributed by atoms with E-state index >= 15 is 0 Å². The number of halogens is 3. The molecule has 0 spiro atoms. The van der Waals surface area contributed by atoms with Gasteiger partial charge in [-0.15, -0.1) is 11.3 Å². The molecule has 1 aliphatic rings. The molecule has 0 fully saturated rings. The quantitative estimate of drug-likeness (QED) is 0.309. The molecule has 5 rings (SSSR count). The maximum Gasteiger partial charge on any atom is 0.516 e. The molecule has 1 aromatic heterocycles. The fourth-order valence-electron chi connectivity index (χ4n) is 4.18. The first-order chi connectivity index (χ1) is 17.6. The third-order valence-corrected chi connectivity index (χ3v) is 8.22. The number of para-hydroxylation sites is 1. The van der Waals surface area contributed by atoms with Gasteiger partial charge in [0.05, 0.1) is 18.4 Å². The van der Waals surface area contributed by atoms with Crippen molar-refractivity contribution >= 4 is 27.0 Å². The molecule has 37 heavy (non-hydrogen) atoms. The second-order valence-electron chi connectivity index (χ2n) is 8.57. The number of rotatable bonds is 6. The maximum atomic E-state index is 12.9. The second-order valence-corrected chi connectivity index (χ2v) is 11.4. The number of benzene rings is 3. The Bertz CT molecular complexity index is 1520. The summed E-state index contributed by atoms with van der Waals surface area (Å²) in [5, 5.41) is 11.9. The number of hydrogen-bond donors (Lipinski definition) is 2. The molecule has 0 saturated carbocycles. The predicted molar refractivity (Wildman–Crippen MR) is 136 cm³/mol. The summed E-state index contributed by atoms with van der Waals surface area (Å²) in [5.74, 6) is 0.178. The number of nitrogens with one attached hydrogen (secondary N) is 1. The van der Waals surface area contributed by atoms with Crippen LogP contribution in [0.15, 0.2) is 79.0 Å². The number of alkyl halides is 3. The number of ether oxygens (including phenoxy) is 1.